The minimum atomic E-state index is -3.75. The summed E-state index contributed by atoms with van der Waals surface area (Å²) < 4.78 is 33.4. The van der Waals surface area contributed by atoms with Crippen LogP contribution in [-0.4, -0.2) is 49.9 Å². The van der Waals surface area contributed by atoms with Crippen LogP contribution in [0.3, 0.4) is 0 Å². The van der Waals surface area contributed by atoms with Gasteiger partial charge in [0.05, 0.1) is 12.1 Å². The number of hydrogen-bond donors (Lipinski definition) is 1. The molecule has 0 saturated carbocycles. The van der Waals surface area contributed by atoms with E-state index >= 15 is 0 Å². The van der Waals surface area contributed by atoms with Crippen molar-refractivity contribution in [1.82, 2.24) is 14.6 Å². The molecule has 1 amide bonds. The molecule has 2 heterocycles. The highest BCUT2D eigenvalue weighted by Crippen LogP contribution is 2.31. The number of ether oxygens (including phenoxy) is 1. The first-order valence-electron chi connectivity index (χ1n) is 10.7. The second kappa shape index (κ2) is 10.6. The van der Waals surface area contributed by atoms with Gasteiger partial charge in [0.2, 0.25) is 10.0 Å². The minimum Gasteiger partial charge on any atom is -0.495 e. The summed E-state index contributed by atoms with van der Waals surface area (Å²) >= 11 is 1.66. The number of sulfonamides is 1. The Hall–Kier alpha value is -1.97. The molecule has 1 aromatic heterocycles. The smallest absolute Gasteiger partial charge is 0.251 e. The van der Waals surface area contributed by atoms with Gasteiger partial charge in [-0.3, -0.25) is 4.79 Å². The molecule has 7 nitrogen and oxygen atoms in total. The second-order valence-electron chi connectivity index (χ2n) is 7.92. The lowest BCUT2D eigenvalue weighted by Crippen LogP contribution is -2.42. The van der Waals surface area contributed by atoms with Gasteiger partial charge in [-0.1, -0.05) is 6.42 Å². The van der Waals surface area contributed by atoms with Crippen LogP contribution in [0.25, 0.3) is 0 Å². The van der Waals surface area contributed by atoms with E-state index in [4.69, 9.17) is 4.74 Å². The normalized spacial score (nSPS) is 17.5. The number of nitrogens with zero attached hydrogens (tertiary/aromatic N) is 2. The summed E-state index contributed by atoms with van der Waals surface area (Å²) in [4.78, 5) is 17.1. The maximum absolute atomic E-state index is 13.3. The quantitative estimate of drug-likeness (QED) is 0.570. The number of unbranched alkanes of at least 4 members (excludes halogenated alkanes) is 1. The molecule has 31 heavy (non-hydrogen) atoms. The van der Waals surface area contributed by atoms with E-state index in [-0.39, 0.29) is 22.6 Å². The SMILES string of the molecule is COc1ccc(C(=O)NCCCCc2nc(C)cs2)cc1S(=O)(=O)N1CCCCC1C. The molecule has 0 spiro atoms. The Morgan fingerprint density at radius 3 is 2.81 bits per heavy atom. The predicted octanol–water partition coefficient (Wildman–Crippen LogP) is 3.78. The molecule has 9 heteroatoms. The molecular formula is C22H31N3O4S2. The molecule has 1 aliphatic heterocycles. The lowest BCUT2D eigenvalue weighted by atomic mass is 10.1. The van der Waals surface area contributed by atoms with Gasteiger partial charge in [0, 0.05) is 35.8 Å². The molecule has 1 N–H and O–H groups in total. The van der Waals surface area contributed by atoms with Gasteiger partial charge in [-0.05, 0) is 64.2 Å². The molecule has 170 valence electrons. The summed E-state index contributed by atoms with van der Waals surface area (Å²) in [5.74, 6) is -0.0241. The Labute approximate surface area is 188 Å². The molecule has 0 radical (unpaired) electrons. The Balaban J connectivity index is 1.64. The number of carbonyl (C=O) groups is 1. The van der Waals surface area contributed by atoms with Gasteiger partial charge in [-0.2, -0.15) is 4.31 Å². The maximum atomic E-state index is 13.3. The van der Waals surface area contributed by atoms with Crippen LogP contribution in [-0.2, 0) is 16.4 Å². The van der Waals surface area contributed by atoms with E-state index in [0.29, 0.717) is 18.7 Å². The van der Waals surface area contributed by atoms with Crippen molar-refractivity contribution in [3.05, 3.63) is 39.8 Å². The average Bonchev–Trinajstić information content (AvgIpc) is 3.18. The van der Waals surface area contributed by atoms with Crippen LogP contribution in [0.4, 0.5) is 0 Å². The lowest BCUT2D eigenvalue weighted by Gasteiger charge is -2.32. The molecule has 1 saturated heterocycles. The van der Waals surface area contributed by atoms with Crippen LogP contribution < -0.4 is 10.1 Å². The first kappa shape index (κ1) is 23.7. The molecule has 1 atom stereocenters. The molecule has 1 unspecified atom stereocenters. The van der Waals surface area contributed by atoms with Gasteiger partial charge in [0.1, 0.15) is 10.6 Å². The minimum absolute atomic E-state index is 0.0514. The van der Waals surface area contributed by atoms with Crippen molar-refractivity contribution in [1.29, 1.82) is 0 Å². The number of benzene rings is 1. The standard InChI is InChI=1S/C22H31N3O4S2/c1-16-15-30-21(24-16)9-4-6-12-23-22(26)18-10-11-19(29-3)20(14-18)31(27,28)25-13-7-5-8-17(25)2/h10-11,14-15,17H,4-9,12-13H2,1-3H3,(H,23,26). The van der Waals surface area contributed by atoms with E-state index in [1.807, 2.05) is 19.2 Å². The summed E-state index contributed by atoms with van der Waals surface area (Å²) in [6, 6.07) is 4.53. The monoisotopic (exact) mass is 465 g/mol. The molecule has 2 aromatic rings. The molecule has 1 aromatic carbocycles. The zero-order chi connectivity index (χ0) is 22.4. The Bertz CT molecular complexity index is 1000. The number of nitrogens with one attached hydrogen (secondary N) is 1. The zero-order valence-corrected chi connectivity index (χ0v) is 20.0. The third-order valence-corrected chi connectivity index (χ3v) is 8.59. The summed E-state index contributed by atoms with van der Waals surface area (Å²) in [5.41, 5.74) is 1.36. The fourth-order valence-electron chi connectivity index (χ4n) is 3.80. The highest BCUT2D eigenvalue weighted by atomic mass is 32.2. The van der Waals surface area contributed by atoms with Crippen LogP contribution in [0.1, 0.15) is 60.1 Å². The third-order valence-electron chi connectivity index (χ3n) is 5.52. The zero-order valence-electron chi connectivity index (χ0n) is 18.4. The van der Waals surface area contributed by atoms with Crippen LogP contribution in [0.15, 0.2) is 28.5 Å². The van der Waals surface area contributed by atoms with Crippen LogP contribution in [0.2, 0.25) is 0 Å². The Morgan fingerprint density at radius 2 is 2.13 bits per heavy atom. The lowest BCUT2D eigenvalue weighted by molar-refractivity contribution is 0.0952. The molecule has 1 fully saturated rings. The van der Waals surface area contributed by atoms with Crippen LogP contribution in [0, 0.1) is 6.92 Å². The summed E-state index contributed by atoms with van der Waals surface area (Å²) in [5, 5.41) is 6.04. The largest absolute Gasteiger partial charge is 0.495 e. The van der Waals surface area contributed by atoms with Crippen LogP contribution >= 0.6 is 11.3 Å². The maximum Gasteiger partial charge on any atom is 0.251 e. The van der Waals surface area contributed by atoms with Crippen molar-refractivity contribution in [2.24, 2.45) is 0 Å². The van der Waals surface area contributed by atoms with E-state index in [1.54, 1.807) is 23.5 Å². The van der Waals surface area contributed by atoms with Crippen molar-refractivity contribution >= 4 is 27.3 Å². The van der Waals surface area contributed by atoms with Gasteiger partial charge >= 0.3 is 0 Å². The molecular weight excluding hydrogens is 434 g/mol. The average molecular weight is 466 g/mol. The number of thiazole rings is 1. The predicted molar refractivity (Wildman–Crippen MR) is 122 cm³/mol. The van der Waals surface area contributed by atoms with Gasteiger partial charge < -0.3 is 10.1 Å². The first-order valence-corrected chi connectivity index (χ1v) is 13.0. The number of carbonyl (C=O) groups excluding carboxylic acids is 1. The van der Waals surface area contributed by atoms with Crippen molar-refractivity contribution in [3.8, 4) is 5.75 Å². The fraction of sp³-hybridized carbons (Fsp3) is 0.545. The van der Waals surface area contributed by atoms with E-state index in [2.05, 4.69) is 10.3 Å². The van der Waals surface area contributed by atoms with Crippen LogP contribution in [0.5, 0.6) is 5.75 Å². The van der Waals surface area contributed by atoms with E-state index in [1.165, 1.54) is 17.5 Å². The fourth-order valence-corrected chi connectivity index (χ4v) is 6.50. The summed E-state index contributed by atoms with van der Waals surface area (Å²) in [6.07, 6.45) is 5.36. The Morgan fingerprint density at radius 1 is 1.32 bits per heavy atom. The van der Waals surface area contributed by atoms with E-state index in [9.17, 15) is 13.2 Å². The van der Waals surface area contributed by atoms with E-state index in [0.717, 1.165) is 49.2 Å². The highest BCUT2D eigenvalue weighted by molar-refractivity contribution is 7.89. The number of aromatic nitrogens is 1. The number of aryl methyl sites for hydroxylation is 2. The number of amides is 1. The number of hydrogen-bond acceptors (Lipinski definition) is 6. The molecule has 0 aliphatic carbocycles. The van der Waals surface area contributed by atoms with Gasteiger partial charge in [-0.15, -0.1) is 11.3 Å². The second-order valence-corrected chi connectivity index (χ2v) is 10.7. The highest BCUT2D eigenvalue weighted by Gasteiger charge is 2.33. The van der Waals surface area contributed by atoms with Gasteiger partial charge in [0.15, 0.2) is 0 Å². The van der Waals surface area contributed by atoms with Crippen molar-refractivity contribution in [2.45, 2.75) is 63.3 Å². The van der Waals surface area contributed by atoms with Gasteiger partial charge in [0.25, 0.3) is 5.91 Å². The molecule has 3 rings (SSSR count). The Kier molecular flexibility index (Phi) is 8.07. The number of piperidine rings is 1. The van der Waals surface area contributed by atoms with Crippen molar-refractivity contribution in [3.63, 3.8) is 0 Å². The van der Waals surface area contributed by atoms with Crippen molar-refractivity contribution < 1.29 is 17.9 Å². The summed E-state index contributed by atoms with van der Waals surface area (Å²) in [7, 11) is -2.30. The molecule has 0 bridgehead atoms. The number of rotatable bonds is 9. The molecule has 1 aliphatic rings. The van der Waals surface area contributed by atoms with Gasteiger partial charge in [-0.25, -0.2) is 13.4 Å². The topological polar surface area (TPSA) is 88.6 Å². The number of methoxy groups -OCH3 is 1. The first-order chi connectivity index (χ1) is 14.8. The third kappa shape index (κ3) is 5.84. The van der Waals surface area contributed by atoms with Crippen molar-refractivity contribution in [2.75, 3.05) is 20.2 Å². The summed E-state index contributed by atoms with van der Waals surface area (Å²) in [6.45, 7) is 4.92. The van der Waals surface area contributed by atoms with E-state index < -0.39 is 10.0 Å².